The topological polar surface area (TPSA) is 95.9 Å². The van der Waals surface area contributed by atoms with Gasteiger partial charge in [0.1, 0.15) is 0 Å². The molecule has 0 rings (SSSR count). The second kappa shape index (κ2) is 69.4. The number of nitrogens with one attached hydrogen (secondary N) is 1. The molecule has 1 amide bonds. The van der Waals surface area contributed by atoms with Crippen molar-refractivity contribution in [1.29, 1.82) is 0 Å². The molecule has 2 atom stereocenters. The molecule has 0 fully saturated rings. The number of hydrogen-bond acceptors (Lipinski definition) is 5. The number of hydrogen-bond donors (Lipinski definition) is 3. The van der Waals surface area contributed by atoms with Crippen LogP contribution >= 0.6 is 0 Å². The Morgan fingerprint density at radius 3 is 0.772 bits per heavy atom. The van der Waals surface area contributed by atoms with Crippen molar-refractivity contribution in [2.24, 2.45) is 0 Å². The van der Waals surface area contributed by atoms with Gasteiger partial charge in [-0.2, -0.15) is 0 Å². The van der Waals surface area contributed by atoms with Crippen LogP contribution in [0.2, 0.25) is 0 Å². The maximum Gasteiger partial charge on any atom is 0.305 e. The first-order valence-corrected chi connectivity index (χ1v) is 36.8. The molecule has 0 aromatic rings. The van der Waals surface area contributed by atoms with Crippen LogP contribution < -0.4 is 5.32 Å². The van der Waals surface area contributed by atoms with E-state index in [1.54, 1.807) is 0 Å². The van der Waals surface area contributed by atoms with E-state index in [1.807, 2.05) is 0 Å². The number of aliphatic hydroxyl groups is 2. The molecule has 0 aliphatic heterocycles. The van der Waals surface area contributed by atoms with E-state index in [0.29, 0.717) is 25.9 Å². The minimum Gasteiger partial charge on any atom is -0.466 e. The maximum atomic E-state index is 12.6. The van der Waals surface area contributed by atoms with Crippen molar-refractivity contribution in [1.82, 2.24) is 5.32 Å². The van der Waals surface area contributed by atoms with Crippen LogP contribution in [0.5, 0.6) is 0 Å². The largest absolute Gasteiger partial charge is 0.466 e. The number of unbranched alkanes of at least 4 members (excludes halogenated alkanes) is 59. The summed E-state index contributed by atoms with van der Waals surface area (Å²) in [5.41, 5.74) is 0. The molecule has 0 aliphatic carbocycles. The Morgan fingerprint density at radius 1 is 0.304 bits per heavy atom. The van der Waals surface area contributed by atoms with Crippen LogP contribution in [0.1, 0.15) is 431 Å². The van der Waals surface area contributed by atoms with Gasteiger partial charge in [0.05, 0.1) is 25.4 Å². The Balaban J connectivity index is 3.34. The van der Waals surface area contributed by atoms with Crippen molar-refractivity contribution in [3.05, 3.63) is 0 Å². The predicted octanol–water partition coefficient (Wildman–Crippen LogP) is 23.8. The second-order valence-electron chi connectivity index (χ2n) is 25.6. The third kappa shape index (κ3) is 65.9. The molecule has 6 nitrogen and oxygen atoms in total. The summed E-state index contributed by atoms with van der Waals surface area (Å²) in [6, 6.07) is -0.539. The summed E-state index contributed by atoms with van der Waals surface area (Å²) < 4.78 is 5.49. The number of aliphatic hydroxyl groups excluding tert-OH is 2. The number of ether oxygens (including phenoxy) is 1. The fourth-order valence-corrected chi connectivity index (χ4v) is 12.1. The lowest BCUT2D eigenvalue weighted by atomic mass is 10.0. The van der Waals surface area contributed by atoms with Gasteiger partial charge in [0, 0.05) is 12.8 Å². The van der Waals surface area contributed by atoms with Crippen LogP contribution in [0.15, 0.2) is 0 Å². The summed E-state index contributed by atoms with van der Waals surface area (Å²) in [6.45, 7) is 5.01. The van der Waals surface area contributed by atoms with Gasteiger partial charge >= 0.3 is 5.97 Å². The second-order valence-corrected chi connectivity index (χ2v) is 25.6. The zero-order valence-corrected chi connectivity index (χ0v) is 54.2. The molecule has 6 heteroatoms. The third-order valence-electron chi connectivity index (χ3n) is 17.7. The Hall–Kier alpha value is -1.14. The van der Waals surface area contributed by atoms with Gasteiger partial charge in [-0.05, 0) is 25.7 Å². The van der Waals surface area contributed by atoms with Gasteiger partial charge in [-0.25, -0.2) is 0 Å². The van der Waals surface area contributed by atoms with E-state index in [9.17, 15) is 19.8 Å². The van der Waals surface area contributed by atoms with Crippen molar-refractivity contribution in [3.8, 4) is 0 Å². The van der Waals surface area contributed by atoms with Crippen molar-refractivity contribution in [2.45, 2.75) is 443 Å². The van der Waals surface area contributed by atoms with Crippen molar-refractivity contribution in [3.63, 3.8) is 0 Å². The molecule has 0 aromatic heterocycles. The summed E-state index contributed by atoms with van der Waals surface area (Å²) >= 11 is 0. The van der Waals surface area contributed by atoms with Crippen LogP contribution in [0, 0.1) is 0 Å². The number of rotatable bonds is 70. The SMILES string of the molecule is CCCCCCCCCCCCCCCCCCCCCCCCCC(O)C(CO)NC(=O)CCCCCCCCCCCCCCCCCCCCCCCCCCCCCOC(=O)CCCCCCCCCCCCCC. The lowest BCUT2D eigenvalue weighted by molar-refractivity contribution is -0.143. The first-order valence-electron chi connectivity index (χ1n) is 36.8. The molecule has 0 spiro atoms. The Bertz CT molecular complexity index is 1150. The third-order valence-corrected chi connectivity index (χ3v) is 17.7. The summed E-state index contributed by atoms with van der Waals surface area (Å²) in [4.78, 5) is 24.6. The quantitative estimate of drug-likeness (QED) is 0.0417. The first-order chi connectivity index (χ1) is 39.0. The molecule has 79 heavy (non-hydrogen) atoms. The van der Waals surface area contributed by atoms with Crippen LogP contribution in [0.4, 0.5) is 0 Å². The van der Waals surface area contributed by atoms with Gasteiger partial charge in [-0.15, -0.1) is 0 Å². The Labute approximate surface area is 496 Å². The average molecular weight is 1120 g/mol. The maximum absolute atomic E-state index is 12.6. The lowest BCUT2D eigenvalue weighted by Gasteiger charge is -2.22. The summed E-state index contributed by atoms with van der Waals surface area (Å²) in [5.74, 6) is -0.00601. The number of carbonyl (C=O) groups is 2. The highest BCUT2D eigenvalue weighted by molar-refractivity contribution is 5.76. The van der Waals surface area contributed by atoms with Crippen molar-refractivity contribution < 1.29 is 24.5 Å². The molecule has 0 bridgehead atoms. The first kappa shape index (κ1) is 77.9. The monoisotopic (exact) mass is 1120 g/mol. The zero-order chi connectivity index (χ0) is 57.1. The van der Waals surface area contributed by atoms with E-state index in [0.717, 1.165) is 38.5 Å². The fraction of sp³-hybridized carbons (Fsp3) is 0.973. The highest BCUT2D eigenvalue weighted by atomic mass is 16.5. The normalized spacial score (nSPS) is 12.4. The molecule has 0 radical (unpaired) electrons. The summed E-state index contributed by atoms with van der Waals surface area (Å²) in [6.07, 6.45) is 84.5. The summed E-state index contributed by atoms with van der Waals surface area (Å²) in [5, 5.41) is 23.5. The molecule has 0 aliphatic rings. The molecular formula is C73H145NO5. The minimum atomic E-state index is -0.663. The van der Waals surface area contributed by atoms with Gasteiger partial charge in [0.25, 0.3) is 0 Å². The number of carbonyl (C=O) groups excluding carboxylic acids is 2. The van der Waals surface area contributed by atoms with E-state index < -0.39 is 12.1 Å². The van der Waals surface area contributed by atoms with Crippen LogP contribution in [-0.2, 0) is 14.3 Å². The van der Waals surface area contributed by atoms with E-state index in [2.05, 4.69) is 19.2 Å². The van der Waals surface area contributed by atoms with Gasteiger partial charge in [0.2, 0.25) is 5.91 Å². The van der Waals surface area contributed by atoms with Crippen molar-refractivity contribution >= 4 is 11.9 Å². The Kier molecular flexibility index (Phi) is 68.4. The molecular weight excluding hydrogens is 971 g/mol. The predicted molar refractivity (Wildman–Crippen MR) is 347 cm³/mol. The summed E-state index contributed by atoms with van der Waals surface area (Å²) in [7, 11) is 0. The van der Waals surface area contributed by atoms with Crippen LogP contribution in [0.25, 0.3) is 0 Å². The van der Waals surface area contributed by atoms with Crippen LogP contribution in [-0.4, -0.2) is 47.4 Å². The van der Waals surface area contributed by atoms with E-state index >= 15 is 0 Å². The van der Waals surface area contributed by atoms with E-state index in [1.165, 1.54) is 360 Å². The molecule has 0 saturated heterocycles. The molecule has 2 unspecified atom stereocenters. The molecule has 472 valence electrons. The van der Waals surface area contributed by atoms with Gasteiger partial charge < -0.3 is 20.3 Å². The van der Waals surface area contributed by atoms with Gasteiger partial charge in [-0.3, -0.25) is 9.59 Å². The molecule has 3 N–H and O–H groups in total. The zero-order valence-electron chi connectivity index (χ0n) is 54.2. The highest BCUT2D eigenvalue weighted by Crippen LogP contribution is 2.20. The smallest absolute Gasteiger partial charge is 0.305 e. The number of amides is 1. The minimum absolute atomic E-state index is 0.0202. The van der Waals surface area contributed by atoms with Gasteiger partial charge in [-0.1, -0.05) is 393 Å². The highest BCUT2D eigenvalue weighted by Gasteiger charge is 2.20. The van der Waals surface area contributed by atoms with Crippen molar-refractivity contribution in [2.75, 3.05) is 13.2 Å². The van der Waals surface area contributed by atoms with E-state index in [-0.39, 0.29) is 18.5 Å². The Morgan fingerprint density at radius 2 is 0.519 bits per heavy atom. The fourth-order valence-electron chi connectivity index (χ4n) is 12.1. The molecule has 0 aromatic carbocycles. The van der Waals surface area contributed by atoms with Gasteiger partial charge in [0.15, 0.2) is 0 Å². The standard InChI is InChI=1S/C73H145NO5/c1-3-5-7-9-11-13-15-17-18-19-20-21-27-30-33-36-39-42-45-49-53-57-61-65-71(76)70(69-75)74-72(77)66-62-58-54-50-46-43-40-37-34-31-28-25-23-22-24-26-29-32-35-38-41-44-48-52-56-60-64-68-79-73(78)67-63-59-55-51-47-16-14-12-10-8-6-4-2/h70-71,75-76H,3-69H2,1-2H3,(H,74,77). The average Bonchev–Trinajstić information content (AvgIpc) is 3.45. The number of esters is 1. The van der Waals surface area contributed by atoms with Crippen LogP contribution in [0.3, 0.4) is 0 Å². The molecule has 0 saturated carbocycles. The molecule has 0 heterocycles. The lowest BCUT2D eigenvalue weighted by Crippen LogP contribution is -2.45. The van der Waals surface area contributed by atoms with E-state index in [4.69, 9.17) is 4.74 Å².